The Labute approximate surface area is 535 Å². The number of thioether (sulfide) groups is 1. The molecule has 1 aliphatic rings. The first-order valence-corrected chi connectivity index (χ1v) is 36.3. The van der Waals surface area contributed by atoms with Crippen LogP contribution in [0.25, 0.3) is 0 Å². The van der Waals surface area contributed by atoms with E-state index >= 15 is 0 Å². The summed E-state index contributed by atoms with van der Waals surface area (Å²) in [5.74, 6) is -4.23. The zero-order chi connectivity index (χ0) is 64.8. The summed E-state index contributed by atoms with van der Waals surface area (Å²) in [6, 6.07) is -5.02. The number of carboxylic acid groups (broad SMARTS) is 1. The molecular weight excluding hydrogens is 1140 g/mol. The van der Waals surface area contributed by atoms with Gasteiger partial charge in [-0.2, -0.15) is 11.8 Å². The predicted molar refractivity (Wildman–Crippen MR) is 356 cm³/mol. The number of likely N-dealkylation sites (tertiary alicyclic amines) is 1. The number of rotatable bonds is 60. The van der Waals surface area contributed by atoms with Gasteiger partial charge in [-0.3, -0.25) is 38.4 Å². The van der Waals surface area contributed by atoms with Crippen LogP contribution in [0.1, 0.15) is 290 Å². The third-order valence-corrected chi connectivity index (χ3v) is 18.0. The summed E-state index contributed by atoms with van der Waals surface area (Å²) in [5, 5.41) is 26.7. The maximum atomic E-state index is 14.3. The van der Waals surface area contributed by atoms with Crippen LogP contribution in [0.3, 0.4) is 0 Å². The smallest absolute Gasteiger partial charge is 0.326 e. The van der Waals surface area contributed by atoms with Gasteiger partial charge >= 0.3 is 5.97 Å². The number of unbranched alkanes of at least 4 members (excludes halogenated alkanes) is 28. The second kappa shape index (κ2) is 55.4. The minimum atomic E-state index is -1.10. The summed E-state index contributed by atoms with van der Waals surface area (Å²) < 4.78 is 0. The lowest BCUT2D eigenvalue weighted by Gasteiger charge is -2.26. The van der Waals surface area contributed by atoms with E-state index in [4.69, 9.17) is 17.2 Å². The van der Waals surface area contributed by atoms with Crippen LogP contribution in [-0.2, 0) is 43.2 Å². The summed E-state index contributed by atoms with van der Waals surface area (Å²) in [7, 11) is 0. The van der Waals surface area contributed by atoms with E-state index in [1.807, 2.05) is 0 Å². The van der Waals surface area contributed by atoms with Crippen molar-refractivity contribution in [3.05, 3.63) is 0 Å². The van der Waals surface area contributed by atoms with Crippen LogP contribution in [0, 0.1) is 5.92 Å². The molecule has 0 saturated carbocycles. The van der Waals surface area contributed by atoms with Crippen molar-refractivity contribution in [3.8, 4) is 0 Å². The number of nitrogens with zero attached hydrogens (tertiary/aromatic N) is 1. The van der Waals surface area contributed by atoms with Gasteiger partial charge in [-0.05, 0) is 116 Å². The van der Waals surface area contributed by atoms with Gasteiger partial charge in [0.15, 0.2) is 0 Å². The third-order valence-electron chi connectivity index (χ3n) is 16.8. The van der Waals surface area contributed by atoms with Gasteiger partial charge in [0.25, 0.3) is 0 Å². The molecule has 8 amide bonds. The molecule has 0 bridgehead atoms. The van der Waals surface area contributed by atoms with Crippen molar-refractivity contribution in [1.82, 2.24) is 36.8 Å². The molecule has 21 heteroatoms. The fourth-order valence-corrected chi connectivity index (χ4v) is 12.2. The SMILES string of the molecule is CCCCCCCCCCCCCCCC(=O)NCCCCC(NC(=O)CCCCCCCCCCCCCCC)C(=O)N[C@@H](CCCCN)C(=O)NC(CCCCN)C(=O)N[C@@H](CCCCNC(=O)CSC[C@@H](C)C(=O)N1CCCC1C(=O)O)C(N)=O. The Morgan fingerprint density at radius 2 is 0.830 bits per heavy atom. The van der Waals surface area contributed by atoms with Crippen LogP contribution in [0.4, 0.5) is 0 Å². The molecule has 0 aromatic carbocycles. The molecule has 3 unspecified atom stereocenters. The molecule has 510 valence electrons. The standard InChI is InChI=1S/C67H126N10O10S/c1-4-6-8-10-12-14-16-18-20-22-24-26-28-44-59(78)71-48-37-33-42-55(73-60(79)45-29-27-25-23-21-19-17-15-13-11-9-7-5-2)63(82)75-57(41-31-35-47-69)65(84)76-56(40-30-34-46-68)64(83)74-54(62(70)81)39-32-36-49-72-61(80)52-88-51-53(3)66(85)77-50-38-43-58(77)67(86)87/h53-58H,4-52,68-69H2,1-3H3,(H2,70,81)(H,71,78)(H,72,80)(H,73,79)(H,74,83)(H,75,82)(H,76,84)(H,86,87)/t53-,54+,55?,56?,57+,58?/m1/s1. The number of carboxylic acids is 1. The summed E-state index contributed by atoms with van der Waals surface area (Å²) in [6.45, 7) is 8.06. The van der Waals surface area contributed by atoms with Gasteiger partial charge in [0.05, 0.1) is 5.75 Å². The molecule has 1 fully saturated rings. The highest BCUT2D eigenvalue weighted by Crippen LogP contribution is 2.22. The highest BCUT2D eigenvalue weighted by molar-refractivity contribution is 7.99. The van der Waals surface area contributed by atoms with Crippen molar-refractivity contribution < 1.29 is 48.3 Å². The molecule has 1 heterocycles. The molecule has 20 nitrogen and oxygen atoms in total. The van der Waals surface area contributed by atoms with Crippen LogP contribution >= 0.6 is 11.8 Å². The fourth-order valence-electron chi connectivity index (χ4n) is 11.3. The van der Waals surface area contributed by atoms with Gasteiger partial charge in [0.2, 0.25) is 47.3 Å². The lowest BCUT2D eigenvalue weighted by Crippen LogP contribution is -2.58. The molecular formula is C67H126N10O10S. The molecule has 13 N–H and O–H groups in total. The fraction of sp³-hybridized carbons (Fsp3) is 0.866. The number of nitrogens with one attached hydrogen (secondary N) is 6. The molecule has 0 aromatic rings. The predicted octanol–water partition coefficient (Wildman–Crippen LogP) is 9.65. The molecule has 0 aliphatic carbocycles. The summed E-state index contributed by atoms with van der Waals surface area (Å²) in [6.07, 6.45) is 38.2. The van der Waals surface area contributed by atoms with Gasteiger partial charge in [-0.15, -0.1) is 0 Å². The normalized spacial score (nSPS) is 14.7. The van der Waals surface area contributed by atoms with Crippen LogP contribution < -0.4 is 49.1 Å². The Bertz CT molecular complexity index is 1900. The number of amides is 8. The summed E-state index contributed by atoms with van der Waals surface area (Å²) >= 11 is 1.28. The number of primary amides is 1. The molecule has 0 spiro atoms. The van der Waals surface area contributed by atoms with E-state index in [0.717, 1.165) is 38.5 Å². The van der Waals surface area contributed by atoms with Crippen molar-refractivity contribution in [3.63, 3.8) is 0 Å². The Hall–Kier alpha value is -4.50. The molecule has 88 heavy (non-hydrogen) atoms. The van der Waals surface area contributed by atoms with E-state index in [2.05, 4.69) is 45.7 Å². The van der Waals surface area contributed by atoms with E-state index in [-0.39, 0.29) is 68.0 Å². The topological polar surface area (TPSA) is 327 Å². The van der Waals surface area contributed by atoms with E-state index in [0.29, 0.717) is 109 Å². The number of hydrogen-bond donors (Lipinski definition) is 10. The Morgan fingerprint density at radius 1 is 0.466 bits per heavy atom. The monoisotopic (exact) mass is 1260 g/mol. The largest absolute Gasteiger partial charge is 0.480 e. The van der Waals surface area contributed by atoms with Crippen LogP contribution in [0.2, 0.25) is 0 Å². The van der Waals surface area contributed by atoms with Crippen molar-refractivity contribution in [2.45, 2.75) is 321 Å². The molecule has 1 rings (SSSR count). The highest BCUT2D eigenvalue weighted by Gasteiger charge is 2.36. The Balaban J connectivity index is 2.90. The van der Waals surface area contributed by atoms with Crippen molar-refractivity contribution >= 4 is 65.0 Å². The van der Waals surface area contributed by atoms with Gasteiger partial charge < -0.3 is 59.1 Å². The Morgan fingerprint density at radius 3 is 1.24 bits per heavy atom. The zero-order valence-corrected chi connectivity index (χ0v) is 56.1. The van der Waals surface area contributed by atoms with Crippen LogP contribution in [0.15, 0.2) is 0 Å². The third kappa shape index (κ3) is 42.5. The number of carbonyl (C=O) groups is 9. The second-order valence-corrected chi connectivity index (χ2v) is 25.9. The number of carbonyl (C=O) groups excluding carboxylic acids is 8. The first-order chi connectivity index (χ1) is 42.6. The Kier molecular flexibility index (Phi) is 51.3. The number of hydrogen-bond acceptors (Lipinski definition) is 12. The molecule has 0 aromatic heterocycles. The quantitative estimate of drug-likeness (QED) is 0.0254. The molecule has 0 radical (unpaired) electrons. The lowest BCUT2D eigenvalue weighted by atomic mass is 10.0. The van der Waals surface area contributed by atoms with E-state index < -0.39 is 65.7 Å². The number of nitrogens with two attached hydrogens (primary N) is 3. The van der Waals surface area contributed by atoms with Gasteiger partial charge in [0, 0.05) is 44.1 Å². The van der Waals surface area contributed by atoms with Crippen molar-refractivity contribution in [2.24, 2.45) is 23.1 Å². The van der Waals surface area contributed by atoms with Gasteiger partial charge in [0.1, 0.15) is 30.2 Å². The lowest BCUT2D eigenvalue weighted by molar-refractivity contribution is -0.149. The maximum Gasteiger partial charge on any atom is 0.326 e. The molecule has 6 atom stereocenters. The van der Waals surface area contributed by atoms with Crippen LogP contribution in [0.5, 0.6) is 0 Å². The minimum absolute atomic E-state index is 0.0112. The summed E-state index contributed by atoms with van der Waals surface area (Å²) in [5.41, 5.74) is 17.4. The van der Waals surface area contributed by atoms with Crippen molar-refractivity contribution in [2.75, 3.05) is 44.2 Å². The molecule has 1 aliphatic heterocycles. The second-order valence-electron chi connectivity index (χ2n) is 24.9. The summed E-state index contributed by atoms with van der Waals surface area (Å²) in [4.78, 5) is 120. The minimum Gasteiger partial charge on any atom is -0.480 e. The zero-order valence-electron chi connectivity index (χ0n) is 55.3. The van der Waals surface area contributed by atoms with Crippen LogP contribution in [-0.4, -0.2) is 138 Å². The van der Waals surface area contributed by atoms with Gasteiger partial charge in [-0.1, -0.05) is 175 Å². The van der Waals surface area contributed by atoms with Gasteiger partial charge in [-0.25, -0.2) is 4.79 Å². The average Bonchev–Trinajstić information content (AvgIpc) is 4.10. The first-order valence-electron chi connectivity index (χ1n) is 35.1. The number of aliphatic carboxylic acids is 1. The maximum absolute atomic E-state index is 14.3. The highest BCUT2D eigenvalue weighted by atomic mass is 32.2. The first kappa shape index (κ1) is 81.5. The van der Waals surface area contributed by atoms with Crippen molar-refractivity contribution in [1.29, 1.82) is 0 Å². The molecule has 1 saturated heterocycles. The van der Waals surface area contributed by atoms with E-state index in [9.17, 15) is 48.3 Å². The average molecular weight is 1260 g/mol. The van der Waals surface area contributed by atoms with E-state index in [1.54, 1.807) is 6.92 Å². The van der Waals surface area contributed by atoms with E-state index in [1.165, 1.54) is 139 Å².